The van der Waals surface area contributed by atoms with Gasteiger partial charge < -0.3 is 10.0 Å². The van der Waals surface area contributed by atoms with Crippen LogP contribution in [0.15, 0.2) is 48.6 Å². The fourth-order valence-electron chi connectivity index (χ4n) is 3.96. The smallest absolute Gasteiger partial charge is 0.223 e. The lowest BCUT2D eigenvalue weighted by Crippen LogP contribution is -2.42. The van der Waals surface area contributed by atoms with Crippen molar-refractivity contribution in [1.82, 2.24) is 25.5 Å². The highest BCUT2D eigenvalue weighted by molar-refractivity contribution is 5.77. The van der Waals surface area contributed by atoms with Crippen molar-refractivity contribution < 1.29 is 9.90 Å². The number of aliphatic hydroxyl groups excluding tert-OH is 1. The number of nitrogens with one attached hydrogen (secondary N) is 1. The van der Waals surface area contributed by atoms with Gasteiger partial charge in [0.05, 0.1) is 12.1 Å². The van der Waals surface area contributed by atoms with Gasteiger partial charge in [-0.2, -0.15) is 5.21 Å². The molecule has 1 fully saturated rings. The van der Waals surface area contributed by atoms with Crippen LogP contribution < -0.4 is 0 Å². The van der Waals surface area contributed by atoms with Gasteiger partial charge in [-0.3, -0.25) is 4.79 Å². The predicted molar refractivity (Wildman–Crippen MR) is 125 cm³/mol. The van der Waals surface area contributed by atoms with Crippen LogP contribution >= 0.6 is 0 Å². The lowest BCUT2D eigenvalue weighted by Gasteiger charge is -2.33. The minimum Gasteiger partial charge on any atom is -0.389 e. The first kappa shape index (κ1) is 23.9. The molecule has 2 N–H and O–H groups in total. The fourth-order valence-corrected chi connectivity index (χ4v) is 3.96. The zero-order valence-electron chi connectivity index (χ0n) is 19.2. The van der Waals surface area contributed by atoms with Crippen molar-refractivity contribution in [2.45, 2.75) is 76.9 Å². The van der Waals surface area contributed by atoms with Gasteiger partial charge in [0.15, 0.2) is 5.82 Å². The van der Waals surface area contributed by atoms with Gasteiger partial charge in [-0.15, -0.1) is 10.2 Å². The maximum absolute atomic E-state index is 12.5. The van der Waals surface area contributed by atoms with Crippen molar-refractivity contribution >= 4 is 5.91 Å². The average molecular weight is 438 g/mol. The standard InChI is InChI=1S/C25H35N5O2/c1-19(2)21-13-11-20(12-14-21)18-23(31)16-15-22-8-7-10-25(32)30(22)17-6-4-3-5-9-24-26-28-29-27-24/h4,6,11-16,19,22-23,31H,3,5,7-10,17-18H2,1-2H3,(H,26,27,28,29)/t22-,23?/m1/s1. The molecule has 0 radical (unpaired) electrons. The zero-order chi connectivity index (χ0) is 22.8. The molecular weight excluding hydrogens is 402 g/mol. The third-order valence-corrected chi connectivity index (χ3v) is 5.89. The first-order chi connectivity index (χ1) is 15.5. The molecule has 0 bridgehead atoms. The maximum atomic E-state index is 12.5. The normalized spacial score (nSPS) is 18.3. The van der Waals surface area contributed by atoms with E-state index < -0.39 is 6.10 Å². The highest BCUT2D eigenvalue weighted by Gasteiger charge is 2.25. The second kappa shape index (κ2) is 12.3. The van der Waals surface area contributed by atoms with E-state index in [4.69, 9.17) is 0 Å². The summed E-state index contributed by atoms with van der Waals surface area (Å²) in [5, 5.41) is 24.4. The number of aromatic nitrogens is 4. The number of rotatable bonds is 11. The highest BCUT2D eigenvalue weighted by Crippen LogP contribution is 2.20. The maximum Gasteiger partial charge on any atom is 0.223 e. The average Bonchev–Trinajstić information content (AvgIpc) is 3.30. The number of aryl methyl sites for hydroxylation is 1. The van der Waals surface area contributed by atoms with Gasteiger partial charge in [0.2, 0.25) is 5.91 Å². The van der Waals surface area contributed by atoms with Crippen LogP contribution in [0.3, 0.4) is 0 Å². The Labute approximate surface area is 190 Å². The molecular formula is C25H35N5O2. The third kappa shape index (κ3) is 7.41. The summed E-state index contributed by atoms with van der Waals surface area (Å²) >= 11 is 0. The number of benzene rings is 1. The molecule has 2 atom stereocenters. The molecule has 2 heterocycles. The summed E-state index contributed by atoms with van der Waals surface area (Å²) in [7, 11) is 0. The van der Waals surface area contributed by atoms with E-state index in [0.717, 1.165) is 43.5 Å². The molecule has 32 heavy (non-hydrogen) atoms. The first-order valence-corrected chi connectivity index (χ1v) is 11.6. The number of unbranched alkanes of at least 4 members (excludes halogenated alkanes) is 1. The Balaban J connectivity index is 1.47. The SMILES string of the molecule is CC(C)c1ccc(CC(O)C=C[C@H]2CCCC(=O)N2CC=CCCCc2nn[nH]n2)cc1. The lowest BCUT2D eigenvalue weighted by atomic mass is 9.98. The summed E-state index contributed by atoms with van der Waals surface area (Å²) in [6.45, 7) is 4.95. The van der Waals surface area contributed by atoms with E-state index in [1.165, 1.54) is 5.56 Å². The number of amides is 1. The van der Waals surface area contributed by atoms with Crippen molar-refractivity contribution in [3.8, 4) is 0 Å². The van der Waals surface area contributed by atoms with Gasteiger partial charge in [0.25, 0.3) is 0 Å². The van der Waals surface area contributed by atoms with Crippen LogP contribution in [0.2, 0.25) is 0 Å². The number of aromatic amines is 1. The quantitative estimate of drug-likeness (QED) is 0.412. The number of carbonyl (C=O) groups excluding carboxylic acids is 1. The summed E-state index contributed by atoms with van der Waals surface area (Å²) in [5.41, 5.74) is 2.42. The summed E-state index contributed by atoms with van der Waals surface area (Å²) in [4.78, 5) is 14.4. The number of carbonyl (C=O) groups is 1. The van der Waals surface area contributed by atoms with Crippen molar-refractivity contribution in [2.75, 3.05) is 6.54 Å². The van der Waals surface area contributed by atoms with Gasteiger partial charge in [0.1, 0.15) is 0 Å². The van der Waals surface area contributed by atoms with Crippen LogP contribution in [0.25, 0.3) is 0 Å². The van der Waals surface area contributed by atoms with Crippen LogP contribution in [0.5, 0.6) is 0 Å². The van der Waals surface area contributed by atoms with Gasteiger partial charge >= 0.3 is 0 Å². The van der Waals surface area contributed by atoms with E-state index in [1.54, 1.807) is 0 Å². The Kier molecular flexibility index (Phi) is 9.16. The number of allylic oxidation sites excluding steroid dienone is 1. The Morgan fingerprint density at radius 3 is 2.78 bits per heavy atom. The third-order valence-electron chi connectivity index (χ3n) is 5.89. The van der Waals surface area contributed by atoms with Crippen LogP contribution in [-0.2, 0) is 17.6 Å². The zero-order valence-corrected chi connectivity index (χ0v) is 19.2. The first-order valence-electron chi connectivity index (χ1n) is 11.6. The molecule has 1 aromatic heterocycles. The number of hydrogen-bond acceptors (Lipinski definition) is 5. The number of nitrogens with zero attached hydrogens (tertiary/aromatic N) is 4. The van der Waals surface area contributed by atoms with Crippen molar-refractivity contribution in [3.05, 3.63) is 65.5 Å². The summed E-state index contributed by atoms with van der Waals surface area (Å²) in [5.74, 6) is 1.41. The Hall–Kier alpha value is -2.80. The van der Waals surface area contributed by atoms with Gasteiger partial charge in [-0.1, -0.05) is 67.6 Å². The molecule has 0 aliphatic carbocycles. The second-order valence-electron chi connectivity index (χ2n) is 8.75. The summed E-state index contributed by atoms with van der Waals surface area (Å²) in [6, 6.07) is 8.48. The minimum atomic E-state index is -0.556. The molecule has 2 aromatic rings. The molecule has 7 heteroatoms. The van der Waals surface area contributed by atoms with Crippen molar-refractivity contribution in [1.29, 1.82) is 0 Å². The number of hydrogen-bond donors (Lipinski definition) is 2. The Morgan fingerprint density at radius 1 is 1.25 bits per heavy atom. The van der Waals surface area contributed by atoms with Crippen LogP contribution in [0.4, 0.5) is 0 Å². The molecule has 3 rings (SSSR count). The minimum absolute atomic E-state index is 0.0400. The molecule has 1 aromatic carbocycles. The van der Waals surface area contributed by atoms with E-state index in [1.807, 2.05) is 17.1 Å². The molecule has 1 aliphatic rings. The van der Waals surface area contributed by atoms with Gasteiger partial charge in [0, 0.05) is 25.8 Å². The molecule has 0 spiro atoms. The van der Waals surface area contributed by atoms with E-state index in [9.17, 15) is 9.90 Å². The van der Waals surface area contributed by atoms with E-state index >= 15 is 0 Å². The highest BCUT2D eigenvalue weighted by atomic mass is 16.3. The van der Waals surface area contributed by atoms with Crippen molar-refractivity contribution in [3.63, 3.8) is 0 Å². The lowest BCUT2D eigenvalue weighted by molar-refractivity contribution is -0.134. The predicted octanol–water partition coefficient (Wildman–Crippen LogP) is 3.74. The second-order valence-corrected chi connectivity index (χ2v) is 8.75. The summed E-state index contributed by atoms with van der Waals surface area (Å²) in [6.07, 6.45) is 13.1. The van der Waals surface area contributed by atoms with Crippen molar-refractivity contribution in [2.24, 2.45) is 0 Å². The van der Waals surface area contributed by atoms with Crippen LogP contribution in [0, 0.1) is 0 Å². The van der Waals surface area contributed by atoms with Gasteiger partial charge in [-0.25, -0.2) is 0 Å². The summed E-state index contributed by atoms with van der Waals surface area (Å²) < 4.78 is 0. The van der Waals surface area contributed by atoms with E-state index in [2.05, 4.69) is 70.9 Å². The Bertz CT molecular complexity index is 874. The number of likely N-dealkylation sites (tertiary alicyclic amines) is 1. The monoisotopic (exact) mass is 437 g/mol. The molecule has 1 aliphatic heterocycles. The van der Waals surface area contributed by atoms with E-state index in [0.29, 0.717) is 25.3 Å². The fraction of sp³-hybridized carbons (Fsp3) is 0.520. The van der Waals surface area contributed by atoms with Gasteiger partial charge in [-0.05, 0) is 42.7 Å². The topological polar surface area (TPSA) is 95.0 Å². The number of H-pyrrole nitrogens is 1. The molecule has 0 saturated carbocycles. The molecule has 1 amide bonds. The molecule has 1 saturated heterocycles. The molecule has 7 nitrogen and oxygen atoms in total. The number of aliphatic hydroxyl groups is 1. The largest absolute Gasteiger partial charge is 0.389 e. The number of piperidine rings is 1. The van der Waals surface area contributed by atoms with Crippen LogP contribution in [0.1, 0.15) is 68.8 Å². The van der Waals surface area contributed by atoms with Crippen LogP contribution in [-0.4, -0.2) is 55.2 Å². The Morgan fingerprint density at radius 2 is 2.06 bits per heavy atom. The molecule has 172 valence electrons. The molecule has 1 unspecified atom stereocenters. The number of tetrazole rings is 1. The van der Waals surface area contributed by atoms with E-state index in [-0.39, 0.29) is 11.9 Å².